The van der Waals surface area contributed by atoms with Gasteiger partial charge in [0.25, 0.3) is 0 Å². The molecule has 3 rings (SSSR count). The van der Waals surface area contributed by atoms with E-state index < -0.39 is 12.3 Å². The van der Waals surface area contributed by atoms with E-state index in [-0.39, 0.29) is 18.3 Å². The molecule has 1 fully saturated rings. The third-order valence-corrected chi connectivity index (χ3v) is 3.85. The van der Waals surface area contributed by atoms with Gasteiger partial charge in [0.15, 0.2) is 0 Å². The minimum absolute atomic E-state index is 0.0394. The van der Waals surface area contributed by atoms with Gasteiger partial charge in [0.2, 0.25) is 12.0 Å². The molecule has 0 amide bonds. The first-order chi connectivity index (χ1) is 11.8. The van der Waals surface area contributed by atoms with Gasteiger partial charge in [-0.05, 0) is 11.6 Å². The minimum atomic E-state index is -0.495. The Kier molecular flexibility index (Phi) is 6.23. The van der Waals surface area contributed by atoms with Crippen molar-refractivity contribution in [3.63, 3.8) is 0 Å². The minimum Gasteiger partial charge on any atom is -0.458 e. The molecule has 2 heterocycles. The Hall–Kier alpha value is -1.89. The zero-order chi connectivity index (χ0) is 16.6. The van der Waals surface area contributed by atoms with Gasteiger partial charge in [0.05, 0.1) is 33.0 Å². The molecule has 2 unspecified atom stereocenters. The second-order valence-electron chi connectivity index (χ2n) is 5.56. The van der Waals surface area contributed by atoms with Crippen molar-refractivity contribution in [3.8, 4) is 0 Å². The topological polar surface area (TPSA) is 63.2 Å². The highest BCUT2D eigenvalue weighted by Crippen LogP contribution is 2.31. The molecule has 6 heteroatoms. The predicted molar refractivity (Wildman–Crippen MR) is 85.3 cm³/mol. The molecule has 2 aliphatic heterocycles. The highest BCUT2D eigenvalue weighted by atomic mass is 16.7. The van der Waals surface area contributed by atoms with Gasteiger partial charge in [-0.3, -0.25) is 0 Å². The van der Waals surface area contributed by atoms with E-state index in [1.54, 1.807) is 6.08 Å². The number of hydrogen-bond acceptors (Lipinski definition) is 6. The maximum absolute atomic E-state index is 12.2. The molecule has 0 aliphatic carbocycles. The number of carbonyl (C=O) groups excluding carboxylic acids is 1. The number of carbonyl (C=O) groups is 1. The lowest BCUT2D eigenvalue weighted by Gasteiger charge is -2.29. The Bertz CT molecular complexity index is 556. The van der Waals surface area contributed by atoms with E-state index in [0.29, 0.717) is 39.5 Å². The fourth-order valence-corrected chi connectivity index (χ4v) is 2.66. The number of ether oxygens (including phenoxy) is 5. The number of hydrogen-bond donors (Lipinski definition) is 0. The summed E-state index contributed by atoms with van der Waals surface area (Å²) in [6.45, 7) is 2.33. The van der Waals surface area contributed by atoms with E-state index in [9.17, 15) is 4.79 Å². The molecule has 130 valence electrons. The quantitative estimate of drug-likeness (QED) is 0.732. The van der Waals surface area contributed by atoms with E-state index in [1.165, 1.54) is 0 Å². The zero-order valence-electron chi connectivity index (χ0n) is 13.5. The van der Waals surface area contributed by atoms with E-state index >= 15 is 0 Å². The van der Waals surface area contributed by atoms with Crippen molar-refractivity contribution in [3.05, 3.63) is 47.7 Å². The standard InChI is InChI=1S/C18H22O6/c19-18-16-12-15(14-4-2-1-3-5-14)13-17(24-16)22-10-8-20-6-7-21-9-11-23-18/h1-5,12,15,17H,6-11,13H2. The van der Waals surface area contributed by atoms with Crippen molar-refractivity contribution in [2.75, 3.05) is 39.6 Å². The van der Waals surface area contributed by atoms with Crippen molar-refractivity contribution in [1.29, 1.82) is 0 Å². The van der Waals surface area contributed by atoms with Crippen molar-refractivity contribution in [2.45, 2.75) is 18.6 Å². The molecule has 1 aromatic carbocycles. The van der Waals surface area contributed by atoms with Crippen molar-refractivity contribution < 1.29 is 28.5 Å². The molecule has 0 aromatic heterocycles. The first-order valence-electron chi connectivity index (χ1n) is 8.20. The second-order valence-corrected chi connectivity index (χ2v) is 5.56. The summed E-state index contributed by atoms with van der Waals surface area (Å²) < 4.78 is 27.3. The van der Waals surface area contributed by atoms with Crippen LogP contribution in [0, 0.1) is 0 Å². The predicted octanol–water partition coefficient (Wildman–Crippen LogP) is 2.01. The number of esters is 1. The summed E-state index contributed by atoms with van der Waals surface area (Å²) in [4.78, 5) is 12.2. The molecular weight excluding hydrogens is 312 g/mol. The number of cyclic esters (lactones) is 1. The van der Waals surface area contributed by atoms with E-state index in [0.717, 1.165) is 5.56 Å². The largest absolute Gasteiger partial charge is 0.458 e. The number of allylic oxidation sites excluding steroid dienone is 1. The smallest absolute Gasteiger partial charge is 0.373 e. The molecule has 0 radical (unpaired) electrons. The van der Waals surface area contributed by atoms with Crippen LogP contribution in [0.3, 0.4) is 0 Å². The summed E-state index contributed by atoms with van der Waals surface area (Å²) in [5.74, 6) is -0.253. The van der Waals surface area contributed by atoms with Gasteiger partial charge in [0, 0.05) is 12.3 Å². The summed E-state index contributed by atoms with van der Waals surface area (Å²) >= 11 is 0. The van der Waals surface area contributed by atoms with Gasteiger partial charge in [-0.25, -0.2) is 4.79 Å². The SMILES string of the molecule is O=C1OCCOCCOCCOC2CC(c3ccccc3)C=C1O2. The van der Waals surface area contributed by atoms with Crippen LogP contribution in [0.2, 0.25) is 0 Å². The molecule has 0 N–H and O–H groups in total. The molecule has 1 saturated heterocycles. The molecular formula is C18H22O6. The maximum Gasteiger partial charge on any atom is 0.373 e. The van der Waals surface area contributed by atoms with Gasteiger partial charge in [0.1, 0.15) is 6.61 Å². The number of rotatable bonds is 1. The van der Waals surface area contributed by atoms with Crippen molar-refractivity contribution in [2.24, 2.45) is 0 Å². The van der Waals surface area contributed by atoms with E-state index in [1.807, 2.05) is 30.3 Å². The normalized spacial score (nSPS) is 26.5. The highest BCUT2D eigenvalue weighted by Gasteiger charge is 2.29. The molecule has 2 aliphatic rings. The van der Waals surface area contributed by atoms with Crippen LogP contribution < -0.4 is 0 Å². The number of fused-ring (bicyclic) bond motifs is 2. The lowest BCUT2D eigenvalue weighted by atomic mass is 9.93. The van der Waals surface area contributed by atoms with Crippen LogP contribution in [0.25, 0.3) is 0 Å². The lowest BCUT2D eigenvalue weighted by Crippen LogP contribution is -2.29. The third-order valence-electron chi connectivity index (χ3n) is 3.85. The Labute approximate surface area is 141 Å². The van der Waals surface area contributed by atoms with Gasteiger partial charge < -0.3 is 23.7 Å². The Morgan fingerprint density at radius 1 is 0.875 bits per heavy atom. The maximum atomic E-state index is 12.2. The van der Waals surface area contributed by atoms with Crippen LogP contribution in [0.1, 0.15) is 17.9 Å². The fourth-order valence-electron chi connectivity index (χ4n) is 2.66. The molecule has 0 saturated carbocycles. The highest BCUT2D eigenvalue weighted by molar-refractivity contribution is 5.86. The van der Waals surface area contributed by atoms with Crippen LogP contribution in [0.4, 0.5) is 0 Å². The summed E-state index contributed by atoms with van der Waals surface area (Å²) in [7, 11) is 0. The average molecular weight is 334 g/mol. The first kappa shape index (κ1) is 17.0. The van der Waals surface area contributed by atoms with Crippen LogP contribution in [-0.4, -0.2) is 51.9 Å². The summed E-state index contributed by atoms with van der Waals surface area (Å²) in [5.41, 5.74) is 1.11. The second kappa shape index (κ2) is 8.82. The Balaban J connectivity index is 1.74. The first-order valence-corrected chi connectivity index (χ1v) is 8.20. The Morgan fingerprint density at radius 3 is 2.38 bits per heavy atom. The molecule has 0 spiro atoms. The average Bonchev–Trinajstić information content (AvgIpc) is 2.63. The Morgan fingerprint density at radius 2 is 1.58 bits per heavy atom. The summed E-state index contributed by atoms with van der Waals surface area (Å²) in [6.07, 6.45) is 1.95. The van der Waals surface area contributed by atoms with Gasteiger partial charge in [-0.1, -0.05) is 30.3 Å². The lowest BCUT2D eigenvalue weighted by molar-refractivity contribution is -0.167. The molecule has 6 nitrogen and oxygen atoms in total. The fraction of sp³-hybridized carbons (Fsp3) is 0.500. The van der Waals surface area contributed by atoms with Crippen molar-refractivity contribution in [1.82, 2.24) is 0 Å². The molecule has 2 atom stereocenters. The molecule has 24 heavy (non-hydrogen) atoms. The number of benzene rings is 1. The van der Waals surface area contributed by atoms with E-state index in [2.05, 4.69) is 0 Å². The zero-order valence-corrected chi connectivity index (χ0v) is 13.5. The van der Waals surface area contributed by atoms with E-state index in [4.69, 9.17) is 23.7 Å². The monoisotopic (exact) mass is 334 g/mol. The summed E-state index contributed by atoms with van der Waals surface area (Å²) in [6, 6.07) is 9.97. The summed E-state index contributed by atoms with van der Waals surface area (Å²) in [5, 5.41) is 0. The van der Waals surface area contributed by atoms with Crippen LogP contribution >= 0.6 is 0 Å². The van der Waals surface area contributed by atoms with Crippen LogP contribution in [-0.2, 0) is 28.5 Å². The molecule has 2 bridgehead atoms. The molecule has 1 aromatic rings. The van der Waals surface area contributed by atoms with Gasteiger partial charge in [-0.15, -0.1) is 0 Å². The van der Waals surface area contributed by atoms with Gasteiger partial charge >= 0.3 is 5.97 Å². The van der Waals surface area contributed by atoms with Crippen LogP contribution in [0.15, 0.2) is 42.2 Å². The third kappa shape index (κ3) is 4.80. The van der Waals surface area contributed by atoms with Gasteiger partial charge in [-0.2, -0.15) is 0 Å². The van der Waals surface area contributed by atoms with Crippen molar-refractivity contribution >= 4 is 5.97 Å². The van der Waals surface area contributed by atoms with Crippen LogP contribution in [0.5, 0.6) is 0 Å².